The Morgan fingerprint density at radius 3 is 2.73 bits per heavy atom. The molecule has 2 atom stereocenters. The van der Waals surface area contributed by atoms with Gasteiger partial charge in [-0.2, -0.15) is 0 Å². The molecule has 6 heteroatoms. The molecule has 1 aliphatic heterocycles. The number of fused-ring (bicyclic) bond motifs is 1. The van der Waals surface area contributed by atoms with Crippen molar-refractivity contribution in [1.82, 2.24) is 9.88 Å². The van der Waals surface area contributed by atoms with Crippen LogP contribution in [0, 0.1) is 6.92 Å². The molecular weight excluding hydrogens is 380 g/mol. The Morgan fingerprint density at radius 1 is 1.20 bits per heavy atom. The molecule has 2 unspecified atom stereocenters. The van der Waals surface area contributed by atoms with Gasteiger partial charge < -0.3 is 19.1 Å². The quantitative estimate of drug-likeness (QED) is 0.700. The third-order valence-electron chi connectivity index (χ3n) is 6.58. The first kappa shape index (κ1) is 20.4. The van der Waals surface area contributed by atoms with Gasteiger partial charge in [-0.15, -0.1) is 0 Å². The lowest BCUT2D eigenvalue weighted by Crippen LogP contribution is -2.43. The second-order valence-corrected chi connectivity index (χ2v) is 8.08. The molecule has 1 saturated heterocycles. The van der Waals surface area contributed by atoms with E-state index in [-0.39, 0.29) is 17.4 Å². The van der Waals surface area contributed by atoms with Crippen LogP contribution in [0.5, 0.6) is 11.5 Å². The van der Waals surface area contributed by atoms with Crippen molar-refractivity contribution in [2.45, 2.75) is 37.6 Å². The molecule has 6 nitrogen and oxygen atoms in total. The Bertz CT molecular complexity index is 987. The van der Waals surface area contributed by atoms with Crippen molar-refractivity contribution in [2.75, 3.05) is 27.8 Å². The summed E-state index contributed by atoms with van der Waals surface area (Å²) in [4.78, 5) is 19.2. The fraction of sp³-hybridized carbons (Fsp3) is 0.417. The van der Waals surface area contributed by atoms with Gasteiger partial charge in [-0.1, -0.05) is 6.07 Å². The lowest BCUT2D eigenvalue weighted by molar-refractivity contribution is 0.0578. The van der Waals surface area contributed by atoms with Gasteiger partial charge in [-0.05, 0) is 69.3 Å². The summed E-state index contributed by atoms with van der Waals surface area (Å²) in [7, 11) is 5.45. The van der Waals surface area contributed by atoms with Gasteiger partial charge in [0.15, 0.2) is 11.5 Å². The molecule has 0 spiro atoms. The molecule has 0 radical (unpaired) electrons. The van der Waals surface area contributed by atoms with Gasteiger partial charge in [-0.3, -0.25) is 4.98 Å². The highest BCUT2D eigenvalue weighted by Crippen LogP contribution is 2.49. The summed E-state index contributed by atoms with van der Waals surface area (Å²) < 4.78 is 16.7. The van der Waals surface area contributed by atoms with Crippen LogP contribution in [0.1, 0.15) is 40.9 Å². The van der Waals surface area contributed by atoms with E-state index < -0.39 is 0 Å². The highest BCUT2D eigenvalue weighted by molar-refractivity contribution is 5.91. The fourth-order valence-corrected chi connectivity index (χ4v) is 4.84. The Balaban J connectivity index is 1.62. The molecule has 2 aliphatic rings. The predicted octanol–water partition coefficient (Wildman–Crippen LogP) is 3.88. The zero-order chi connectivity index (χ0) is 21.3. The average Bonchev–Trinajstić information content (AvgIpc) is 3.10. The summed E-state index contributed by atoms with van der Waals surface area (Å²) in [6, 6.07) is 9.96. The van der Waals surface area contributed by atoms with Gasteiger partial charge >= 0.3 is 5.97 Å². The van der Waals surface area contributed by atoms with Gasteiger partial charge in [0.2, 0.25) is 0 Å². The number of nitrogens with zero attached hydrogens (tertiary/aromatic N) is 2. The minimum atomic E-state index is -0.342. The summed E-state index contributed by atoms with van der Waals surface area (Å²) in [5.41, 5.74) is 2.39. The number of hydrogen-bond acceptors (Lipinski definition) is 6. The summed E-state index contributed by atoms with van der Waals surface area (Å²) >= 11 is 0. The van der Waals surface area contributed by atoms with Crippen LogP contribution in [0.25, 0.3) is 0 Å². The van der Waals surface area contributed by atoms with Crippen LogP contribution >= 0.6 is 0 Å². The molecule has 30 heavy (non-hydrogen) atoms. The molecule has 0 N–H and O–H groups in total. The van der Waals surface area contributed by atoms with Crippen molar-refractivity contribution in [3.8, 4) is 11.5 Å². The van der Waals surface area contributed by atoms with Crippen LogP contribution in [-0.2, 0) is 10.2 Å². The van der Waals surface area contributed by atoms with Gasteiger partial charge in [0.05, 0.1) is 25.5 Å². The van der Waals surface area contributed by atoms with Gasteiger partial charge in [0.1, 0.15) is 5.76 Å². The molecule has 0 bridgehead atoms. The Kier molecular flexibility index (Phi) is 5.52. The van der Waals surface area contributed by atoms with E-state index in [1.165, 1.54) is 5.56 Å². The number of hydrogen-bond donors (Lipinski definition) is 0. The van der Waals surface area contributed by atoms with E-state index in [0.29, 0.717) is 17.7 Å². The highest BCUT2D eigenvalue weighted by Gasteiger charge is 2.49. The average molecular weight is 408 g/mol. The number of pyridine rings is 1. The molecule has 2 heterocycles. The third kappa shape index (κ3) is 3.45. The monoisotopic (exact) mass is 408 g/mol. The standard InChI is InChI=1S/C24H28N2O4/c1-16-19(6-5-12-25-16)23(27)30-18-9-10-24(11-13-26(2)22(24)15-18)17-7-8-20(28-3)21(14-17)29-4/h5-9,12,14,22H,10-11,13,15H2,1-4H3. The molecule has 4 rings (SSSR count). The fourth-order valence-electron chi connectivity index (χ4n) is 4.84. The van der Waals surface area contributed by atoms with E-state index in [1.807, 2.05) is 13.0 Å². The maximum atomic E-state index is 12.7. The minimum absolute atomic E-state index is 0.0333. The maximum absolute atomic E-state index is 12.7. The summed E-state index contributed by atoms with van der Waals surface area (Å²) in [5, 5.41) is 0. The van der Waals surface area contributed by atoms with Crippen LogP contribution in [0.2, 0.25) is 0 Å². The maximum Gasteiger partial charge on any atom is 0.345 e. The number of methoxy groups -OCH3 is 2. The lowest BCUT2D eigenvalue weighted by atomic mass is 9.68. The molecule has 1 fully saturated rings. The Labute approximate surface area is 177 Å². The molecular formula is C24H28N2O4. The van der Waals surface area contributed by atoms with Crippen LogP contribution in [0.3, 0.4) is 0 Å². The normalized spacial score (nSPS) is 23.5. The summed E-state index contributed by atoms with van der Waals surface area (Å²) in [6.45, 7) is 2.81. The third-order valence-corrected chi connectivity index (χ3v) is 6.58. The number of aromatic nitrogens is 1. The van der Waals surface area contributed by atoms with E-state index in [1.54, 1.807) is 32.5 Å². The van der Waals surface area contributed by atoms with Crippen molar-refractivity contribution >= 4 is 5.97 Å². The highest BCUT2D eigenvalue weighted by atomic mass is 16.5. The summed E-state index contributed by atoms with van der Waals surface area (Å²) in [6.07, 6.45) is 6.30. The second-order valence-electron chi connectivity index (χ2n) is 8.08. The van der Waals surface area contributed by atoms with Crippen LogP contribution in [0.15, 0.2) is 48.4 Å². The summed E-state index contributed by atoms with van der Waals surface area (Å²) in [5.74, 6) is 1.86. The predicted molar refractivity (Wildman–Crippen MR) is 114 cm³/mol. The topological polar surface area (TPSA) is 60.9 Å². The molecule has 1 aromatic carbocycles. The molecule has 0 saturated carbocycles. The van der Waals surface area contributed by atoms with Crippen LogP contribution in [0.4, 0.5) is 0 Å². The smallest absolute Gasteiger partial charge is 0.345 e. The number of likely N-dealkylation sites (N-methyl/N-ethyl adjacent to an activating group) is 1. The number of carbonyl (C=O) groups is 1. The molecule has 158 valence electrons. The SMILES string of the molecule is COc1ccc(C23CC=C(OC(=O)c4cccnc4C)CC2N(C)CC3)cc1OC. The van der Waals surface area contributed by atoms with E-state index >= 15 is 0 Å². The number of ether oxygens (including phenoxy) is 3. The number of likely N-dealkylation sites (tertiary alicyclic amines) is 1. The zero-order valence-electron chi connectivity index (χ0n) is 18.0. The van der Waals surface area contributed by atoms with Crippen molar-refractivity contribution < 1.29 is 19.0 Å². The van der Waals surface area contributed by atoms with Crippen LogP contribution in [-0.4, -0.2) is 49.7 Å². The number of rotatable bonds is 5. The number of aryl methyl sites for hydroxylation is 1. The molecule has 2 aromatic rings. The number of allylic oxidation sites excluding steroid dienone is 1. The first-order valence-electron chi connectivity index (χ1n) is 10.2. The molecule has 1 aliphatic carbocycles. The van der Waals surface area contributed by atoms with Gasteiger partial charge in [0.25, 0.3) is 0 Å². The van der Waals surface area contributed by atoms with Crippen molar-refractivity contribution in [3.05, 3.63) is 65.2 Å². The first-order valence-corrected chi connectivity index (χ1v) is 10.2. The number of benzene rings is 1. The molecule has 1 aromatic heterocycles. The van der Waals surface area contributed by atoms with E-state index in [0.717, 1.165) is 36.6 Å². The molecule has 0 amide bonds. The van der Waals surface area contributed by atoms with E-state index in [9.17, 15) is 4.79 Å². The van der Waals surface area contributed by atoms with E-state index in [2.05, 4.69) is 35.1 Å². The number of esters is 1. The number of carbonyl (C=O) groups excluding carboxylic acids is 1. The van der Waals surface area contributed by atoms with Crippen molar-refractivity contribution in [1.29, 1.82) is 0 Å². The second kappa shape index (κ2) is 8.11. The zero-order valence-corrected chi connectivity index (χ0v) is 18.0. The lowest BCUT2D eigenvalue weighted by Gasteiger charge is -2.40. The Hall–Kier alpha value is -2.86. The van der Waals surface area contributed by atoms with Gasteiger partial charge in [0, 0.05) is 24.1 Å². The largest absolute Gasteiger partial charge is 0.493 e. The Morgan fingerprint density at radius 2 is 2.00 bits per heavy atom. The van der Waals surface area contributed by atoms with Crippen molar-refractivity contribution in [2.24, 2.45) is 0 Å². The minimum Gasteiger partial charge on any atom is -0.493 e. The first-order chi connectivity index (χ1) is 14.5. The van der Waals surface area contributed by atoms with Crippen molar-refractivity contribution in [3.63, 3.8) is 0 Å². The van der Waals surface area contributed by atoms with E-state index in [4.69, 9.17) is 14.2 Å². The van der Waals surface area contributed by atoms with Gasteiger partial charge in [-0.25, -0.2) is 4.79 Å². The van der Waals surface area contributed by atoms with Crippen LogP contribution < -0.4 is 9.47 Å².